The van der Waals surface area contributed by atoms with Crippen LogP contribution in [0.25, 0.3) is 0 Å². The summed E-state index contributed by atoms with van der Waals surface area (Å²) in [5.41, 5.74) is 3.45. The van der Waals surface area contributed by atoms with E-state index in [-0.39, 0.29) is 6.61 Å². The van der Waals surface area contributed by atoms with Crippen molar-refractivity contribution in [2.24, 2.45) is 5.10 Å². The number of nitrogens with zero attached hydrogens (tertiary/aromatic N) is 1. The normalized spacial score (nSPS) is 10.6. The molecule has 7 nitrogen and oxygen atoms in total. The van der Waals surface area contributed by atoms with Gasteiger partial charge < -0.3 is 14.2 Å². The molecule has 0 fully saturated rings. The molecule has 0 aliphatic heterocycles. The molecule has 1 N–H and O–H groups in total. The van der Waals surface area contributed by atoms with E-state index in [4.69, 9.17) is 37.4 Å². The average molecular weight is 473 g/mol. The first-order valence-corrected chi connectivity index (χ1v) is 10.1. The molecule has 3 rings (SSSR count). The number of ether oxygens (including phenoxy) is 3. The Morgan fingerprint density at radius 3 is 2.31 bits per heavy atom. The summed E-state index contributed by atoms with van der Waals surface area (Å²) >= 11 is 11.8. The van der Waals surface area contributed by atoms with Gasteiger partial charge in [-0.05, 0) is 72.3 Å². The molecule has 0 aliphatic carbocycles. The topological polar surface area (TPSA) is 86.2 Å². The summed E-state index contributed by atoms with van der Waals surface area (Å²) in [5.74, 6) is 0.423. The number of benzene rings is 3. The highest BCUT2D eigenvalue weighted by Crippen LogP contribution is 2.27. The minimum atomic E-state index is -0.484. The van der Waals surface area contributed by atoms with Gasteiger partial charge in [0.25, 0.3) is 5.91 Å². The Hall–Kier alpha value is -3.55. The van der Waals surface area contributed by atoms with E-state index in [2.05, 4.69) is 10.5 Å². The van der Waals surface area contributed by atoms with Gasteiger partial charge >= 0.3 is 5.97 Å². The molecule has 9 heteroatoms. The van der Waals surface area contributed by atoms with Gasteiger partial charge in [0.05, 0.1) is 23.9 Å². The van der Waals surface area contributed by atoms with Gasteiger partial charge in [-0.25, -0.2) is 10.2 Å². The third kappa shape index (κ3) is 6.73. The molecule has 0 aliphatic rings. The van der Waals surface area contributed by atoms with Crippen LogP contribution in [-0.2, 0) is 4.79 Å². The summed E-state index contributed by atoms with van der Waals surface area (Å²) in [4.78, 5) is 24.0. The van der Waals surface area contributed by atoms with E-state index in [1.807, 2.05) is 0 Å². The Kier molecular flexibility index (Phi) is 8.08. The molecule has 3 aromatic rings. The fraction of sp³-hybridized carbons (Fsp3) is 0.0870. The van der Waals surface area contributed by atoms with Crippen LogP contribution in [0.4, 0.5) is 0 Å². The number of hydrogen-bond donors (Lipinski definition) is 1. The van der Waals surface area contributed by atoms with Crippen molar-refractivity contribution in [3.05, 3.63) is 87.9 Å². The third-order valence-corrected chi connectivity index (χ3v) is 4.60. The van der Waals surface area contributed by atoms with Crippen molar-refractivity contribution >= 4 is 41.3 Å². The second-order valence-corrected chi connectivity index (χ2v) is 7.19. The molecule has 0 unspecified atom stereocenters. The molecular weight excluding hydrogens is 455 g/mol. The summed E-state index contributed by atoms with van der Waals surface area (Å²) in [6.45, 7) is -0.265. The van der Waals surface area contributed by atoms with E-state index in [1.165, 1.54) is 12.3 Å². The van der Waals surface area contributed by atoms with E-state index >= 15 is 0 Å². The molecule has 0 aromatic heterocycles. The van der Waals surface area contributed by atoms with E-state index in [9.17, 15) is 9.59 Å². The molecule has 1 amide bonds. The highest BCUT2D eigenvalue weighted by atomic mass is 35.5. The molecule has 32 heavy (non-hydrogen) atoms. The van der Waals surface area contributed by atoms with Gasteiger partial charge in [-0.1, -0.05) is 23.2 Å². The lowest BCUT2D eigenvalue weighted by atomic mass is 10.2. The van der Waals surface area contributed by atoms with Crippen LogP contribution in [0.15, 0.2) is 71.8 Å². The second kappa shape index (κ2) is 11.2. The summed E-state index contributed by atoms with van der Waals surface area (Å²) in [6, 6.07) is 17.9. The lowest BCUT2D eigenvalue weighted by molar-refractivity contribution is -0.123. The monoisotopic (exact) mass is 472 g/mol. The van der Waals surface area contributed by atoms with Crippen LogP contribution < -0.4 is 19.6 Å². The highest BCUT2D eigenvalue weighted by Gasteiger charge is 2.09. The van der Waals surface area contributed by atoms with Crippen molar-refractivity contribution in [1.29, 1.82) is 0 Å². The van der Waals surface area contributed by atoms with Gasteiger partial charge in [-0.3, -0.25) is 4.79 Å². The maximum absolute atomic E-state index is 12.2. The molecule has 164 valence electrons. The molecule has 0 radical (unpaired) electrons. The first kappa shape index (κ1) is 23.1. The van der Waals surface area contributed by atoms with Gasteiger partial charge in [0.15, 0.2) is 6.61 Å². The van der Waals surface area contributed by atoms with Crippen LogP contribution in [0.3, 0.4) is 0 Å². The van der Waals surface area contributed by atoms with Crippen LogP contribution in [0.2, 0.25) is 10.0 Å². The van der Waals surface area contributed by atoms with Crippen molar-refractivity contribution < 1.29 is 23.8 Å². The van der Waals surface area contributed by atoms with Crippen molar-refractivity contribution in [2.45, 2.75) is 0 Å². The Labute approximate surface area is 194 Å². The average Bonchev–Trinajstić information content (AvgIpc) is 2.79. The van der Waals surface area contributed by atoms with Gasteiger partial charge in [0.2, 0.25) is 0 Å². The molecule has 3 aromatic carbocycles. The lowest BCUT2D eigenvalue weighted by Gasteiger charge is -2.07. The largest absolute Gasteiger partial charge is 0.497 e. The number of halogens is 2. The standard InChI is InChI=1S/C23H18Cl2N2O5/c1-30-18-9-4-16(5-10-18)23(29)32-19-7-2-15(3-8-19)13-26-27-22(28)14-31-21-11-6-17(24)12-20(21)25/h2-13H,14H2,1H3,(H,27,28). The van der Waals surface area contributed by atoms with Crippen LogP contribution in [-0.4, -0.2) is 31.8 Å². The number of hydrazone groups is 1. The molecule has 0 saturated heterocycles. The number of hydrogen-bond acceptors (Lipinski definition) is 6. The minimum absolute atomic E-state index is 0.265. The molecule has 0 saturated carbocycles. The third-order valence-electron chi connectivity index (χ3n) is 4.07. The number of rotatable bonds is 8. The SMILES string of the molecule is COc1ccc(C(=O)Oc2ccc(C=NNC(=O)COc3ccc(Cl)cc3Cl)cc2)cc1. The number of esters is 1. The predicted molar refractivity (Wildman–Crippen MR) is 122 cm³/mol. The number of methoxy groups -OCH3 is 1. The number of amides is 1. The summed E-state index contributed by atoms with van der Waals surface area (Å²) in [7, 11) is 1.55. The fourth-order valence-corrected chi connectivity index (χ4v) is 2.92. The van der Waals surface area contributed by atoms with Crippen molar-refractivity contribution in [3.63, 3.8) is 0 Å². The molecule has 0 atom stereocenters. The van der Waals surface area contributed by atoms with E-state index < -0.39 is 11.9 Å². The summed E-state index contributed by atoms with van der Waals surface area (Å²) in [6.07, 6.45) is 1.45. The zero-order valence-corrected chi connectivity index (χ0v) is 18.4. The molecule has 0 heterocycles. The Morgan fingerprint density at radius 2 is 1.66 bits per heavy atom. The zero-order chi connectivity index (χ0) is 22.9. The van der Waals surface area contributed by atoms with Gasteiger partial charge in [0, 0.05) is 5.02 Å². The first-order valence-electron chi connectivity index (χ1n) is 9.30. The Bertz CT molecular complexity index is 1120. The molecule has 0 bridgehead atoms. The second-order valence-electron chi connectivity index (χ2n) is 6.34. The predicted octanol–water partition coefficient (Wildman–Crippen LogP) is 4.75. The van der Waals surface area contributed by atoms with Crippen LogP contribution in [0, 0.1) is 0 Å². The quantitative estimate of drug-likeness (QED) is 0.221. The van der Waals surface area contributed by atoms with Gasteiger partial charge in [-0.15, -0.1) is 0 Å². The van der Waals surface area contributed by atoms with Crippen molar-refractivity contribution in [1.82, 2.24) is 5.43 Å². The maximum atomic E-state index is 12.2. The summed E-state index contributed by atoms with van der Waals surface area (Å²) < 4.78 is 15.7. The van der Waals surface area contributed by atoms with Crippen molar-refractivity contribution in [2.75, 3.05) is 13.7 Å². The van der Waals surface area contributed by atoms with E-state index in [0.717, 1.165) is 0 Å². The zero-order valence-electron chi connectivity index (χ0n) is 16.9. The van der Waals surface area contributed by atoms with Crippen molar-refractivity contribution in [3.8, 4) is 17.2 Å². The van der Waals surface area contributed by atoms with Gasteiger partial charge in [0.1, 0.15) is 17.2 Å². The molecule has 0 spiro atoms. The van der Waals surface area contributed by atoms with Crippen LogP contribution in [0.5, 0.6) is 17.2 Å². The smallest absolute Gasteiger partial charge is 0.343 e. The van der Waals surface area contributed by atoms with Gasteiger partial charge in [-0.2, -0.15) is 5.10 Å². The van der Waals surface area contributed by atoms with E-state index in [1.54, 1.807) is 67.8 Å². The van der Waals surface area contributed by atoms with Crippen LogP contribution >= 0.6 is 23.2 Å². The fourth-order valence-electron chi connectivity index (χ4n) is 2.46. The summed E-state index contributed by atoms with van der Waals surface area (Å²) in [5, 5.41) is 4.64. The minimum Gasteiger partial charge on any atom is -0.497 e. The lowest BCUT2D eigenvalue weighted by Crippen LogP contribution is -2.24. The number of nitrogens with one attached hydrogen (secondary N) is 1. The Morgan fingerprint density at radius 1 is 0.969 bits per heavy atom. The maximum Gasteiger partial charge on any atom is 0.343 e. The van der Waals surface area contributed by atoms with E-state index in [0.29, 0.717) is 38.4 Å². The first-order chi connectivity index (χ1) is 15.4. The molecular formula is C23H18Cl2N2O5. The Balaban J connectivity index is 1.47. The number of carbonyl (C=O) groups excluding carboxylic acids is 2. The van der Waals surface area contributed by atoms with Crippen LogP contribution in [0.1, 0.15) is 15.9 Å². The number of carbonyl (C=O) groups is 2. The highest BCUT2D eigenvalue weighted by molar-refractivity contribution is 6.35.